The Bertz CT molecular complexity index is 372. The van der Waals surface area contributed by atoms with E-state index in [4.69, 9.17) is 0 Å². The molecule has 2 rings (SSSR count). The molecule has 0 N–H and O–H groups in total. The molecule has 0 aromatic heterocycles. The summed E-state index contributed by atoms with van der Waals surface area (Å²) in [5.74, 6) is -3.47. The molecule has 2 aliphatic heterocycles. The van der Waals surface area contributed by atoms with Gasteiger partial charge in [-0.15, -0.1) is 0 Å². The fraction of sp³-hybridized carbons (Fsp3) is 0.143. The molecule has 0 unspecified atom stereocenters. The van der Waals surface area contributed by atoms with Gasteiger partial charge in [0.25, 0.3) is 0 Å². The van der Waals surface area contributed by atoms with E-state index in [9.17, 15) is 19.2 Å². The van der Waals surface area contributed by atoms with Gasteiger partial charge in [-0.1, -0.05) is 0 Å². The van der Waals surface area contributed by atoms with Gasteiger partial charge in [0.05, 0.1) is 12.0 Å². The molecule has 0 spiro atoms. The minimum atomic E-state index is -0.940. The normalized spacial score (nSPS) is 21.5. The first kappa shape index (κ1) is 7.66. The van der Waals surface area contributed by atoms with E-state index in [1.165, 1.54) is 0 Å². The summed E-state index contributed by atoms with van der Waals surface area (Å²) in [5, 5.41) is 0. The smallest absolute Gasteiger partial charge is 0.354 e. The number of cyclic esters (lactones) is 4. The molecule has 2 heterocycles. The molecule has 0 saturated carbocycles. The Morgan fingerprint density at radius 2 is 1.46 bits per heavy atom. The highest BCUT2D eigenvalue weighted by Gasteiger charge is 2.43. The van der Waals surface area contributed by atoms with Crippen LogP contribution in [0.4, 0.5) is 0 Å². The minimum Gasteiger partial charge on any atom is -0.389 e. The third-order valence-electron chi connectivity index (χ3n) is 1.67. The molecule has 0 bridgehead atoms. The maximum absolute atomic E-state index is 10.8. The van der Waals surface area contributed by atoms with Crippen molar-refractivity contribution in [1.82, 2.24) is 0 Å². The number of esters is 4. The Morgan fingerprint density at radius 3 is 1.85 bits per heavy atom. The highest BCUT2D eigenvalue weighted by Crippen LogP contribution is 2.25. The van der Waals surface area contributed by atoms with Crippen molar-refractivity contribution in [2.45, 2.75) is 6.42 Å². The molecule has 0 radical (unpaired) electrons. The number of rotatable bonds is 0. The first-order chi connectivity index (χ1) is 6.09. The van der Waals surface area contributed by atoms with Crippen molar-refractivity contribution in [3.8, 4) is 0 Å². The average molecular weight is 182 g/mol. The zero-order chi connectivity index (χ0) is 9.59. The van der Waals surface area contributed by atoms with Gasteiger partial charge in [-0.3, -0.25) is 4.79 Å². The molecule has 0 aromatic rings. The summed E-state index contributed by atoms with van der Waals surface area (Å²) in [6.45, 7) is 0. The molecule has 6 nitrogen and oxygen atoms in total. The molecule has 13 heavy (non-hydrogen) atoms. The van der Waals surface area contributed by atoms with Crippen LogP contribution in [0.25, 0.3) is 0 Å². The summed E-state index contributed by atoms with van der Waals surface area (Å²) in [4.78, 5) is 42.8. The van der Waals surface area contributed by atoms with E-state index in [2.05, 4.69) is 9.47 Å². The highest BCUT2D eigenvalue weighted by molar-refractivity contribution is 6.31. The Labute approximate surface area is 71.1 Å². The van der Waals surface area contributed by atoms with Gasteiger partial charge in [-0.05, 0) is 0 Å². The van der Waals surface area contributed by atoms with E-state index in [1.807, 2.05) is 0 Å². The number of hydrogen-bond donors (Lipinski definition) is 0. The fourth-order valence-electron chi connectivity index (χ4n) is 1.08. The van der Waals surface area contributed by atoms with Gasteiger partial charge in [0.1, 0.15) is 0 Å². The molecular formula is C7H2O6. The third kappa shape index (κ3) is 0.952. The molecule has 2 aliphatic rings. The fourth-order valence-corrected chi connectivity index (χ4v) is 1.08. The summed E-state index contributed by atoms with van der Waals surface area (Å²) in [7, 11) is 0. The van der Waals surface area contributed by atoms with Crippen LogP contribution in [0.5, 0.6) is 0 Å². The number of carbonyl (C=O) groups is 4. The van der Waals surface area contributed by atoms with Crippen LogP contribution in [0.3, 0.4) is 0 Å². The van der Waals surface area contributed by atoms with Crippen LogP contribution in [-0.4, -0.2) is 23.9 Å². The van der Waals surface area contributed by atoms with Crippen molar-refractivity contribution in [1.29, 1.82) is 0 Å². The Morgan fingerprint density at radius 1 is 0.846 bits per heavy atom. The van der Waals surface area contributed by atoms with E-state index in [0.29, 0.717) is 0 Å². The van der Waals surface area contributed by atoms with Gasteiger partial charge in [0, 0.05) is 0 Å². The van der Waals surface area contributed by atoms with Gasteiger partial charge >= 0.3 is 23.9 Å². The van der Waals surface area contributed by atoms with Gasteiger partial charge in [-0.25, -0.2) is 14.4 Å². The van der Waals surface area contributed by atoms with E-state index in [1.54, 1.807) is 0 Å². The Hall–Kier alpha value is -1.98. The second-order valence-electron chi connectivity index (χ2n) is 2.47. The van der Waals surface area contributed by atoms with Crippen molar-refractivity contribution >= 4 is 23.9 Å². The lowest BCUT2D eigenvalue weighted by atomic mass is 10.0. The van der Waals surface area contributed by atoms with Crippen molar-refractivity contribution in [3.63, 3.8) is 0 Å². The lowest BCUT2D eigenvalue weighted by Gasteiger charge is -2.13. The van der Waals surface area contributed by atoms with Crippen LogP contribution in [0, 0.1) is 0 Å². The molecule has 0 aromatic carbocycles. The lowest BCUT2D eigenvalue weighted by Crippen LogP contribution is -2.33. The maximum Gasteiger partial charge on any atom is 0.354 e. The summed E-state index contributed by atoms with van der Waals surface area (Å²) < 4.78 is 8.12. The van der Waals surface area contributed by atoms with Crippen molar-refractivity contribution < 1.29 is 28.7 Å². The van der Waals surface area contributed by atoms with Crippen LogP contribution >= 0.6 is 0 Å². The van der Waals surface area contributed by atoms with Crippen molar-refractivity contribution in [3.05, 3.63) is 11.1 Å². The molecule has 6 heteroatoms. The molecule has 2 fully saturated rings. The maximum atomic E-state index is 10.8. The molecular weight excluding hydrogens is 180 g/mol. The summed E-state index contributed by atoms with van der Waals surface area (Å²) in [5.41, 5.74) is -0.567. The topological polar surface area (TPSA) is 86.7 Å². The largest absolute Gasteiger partial charge is 0.389 e. The molecule has 66 valence electrons. The predicted molar refractivity (Wildman–Crippen MR) is 33.8 cm³/mol. The lowest BCUT2D eigenvalue weighted by molar-refractivity contribution is -0.166. The average Bonchev–Trinajstić information content (AvgIpc) is 2.30. The number of ether oxygens (including phenoxy) is 2. The third-order valence-corrected chi connectivity index (χ3v) is 1.67. The monoisotopic (exact) mass is 182 g/mol. The van der Waals surface area contributed by atoms with E-state index < -0.39 is 23.9 Å². The highest BCUT2D eigenvalue weighted by atomic mass is 16.6. The summed E-state index contributed by atoms with van der Waals surface area (Å²) >= 11 is 0. The summed E-state index contributed by atoms with van der Waals surface area (Å²) in [6, 6.07) is 0. The molecule has 0 atom stereocenters. The van der Waals surface area contributed by atoms with Crippen LogP contribution in [0.2, 0.25) is 0 Å². The molecule has 0 amide bonds. The quantitative estimate of drug-likeness (QED) is 0.203. The van der Waals surface area contributed by atoms with Crippen LogP contribution < -0.4 is 0 Å². The first-order valence-electron chi connectivity index (χ1n) is 3.34. The second kappa shape index (κ2) is 2.25. The van der Waals surface area contributed by atoms with Crippen LogP contribution in [-0.2, 0) is 28.7 Å². The zero-order valence-electron chi connectivity index (χ0n) is 6.16. The second-order valence-corrected chi connectivity index (χ2v) is 2.47. The Balaban J connectivity index is 2.44. The van der Waals surface area contributed by atoms with Crippen molar-refractivity contribution in [2.24, 2.45) is 0 Å². The van der Waals surface area contributed by atoms with Gasteiger partial charge in [-0.2, -0.15) is 0 Å². The molecule has 2 saturated heterocycles. The SMILES string of the molecule is O=C1CC(=C2C(=O)OC2=O)C(=O)O1. The van der Waals surface area contributed by atoms with E-state index in [0.717, 1.165) is 0 Å². The van der Waals surface area contributed by atoms with E-state index in [-0.39, 0.29) is 17.6 Å². The van der Waals surface area contributed by atoms with Crippen LogP contribution in [0.1, 0.15) is 6.42 Å². The standard InChI is InChI=1S/C7H2O6/c8-3-1-2(5(9)12-3)4-6(10)13-7(4)11/h1H2. The van der Waals surface area contributed by atoms with Gasteiger partial charge in [0.2, 0.25) is 0 Å². The van der Waals surface area contributed by atoms with Crippen molar-refractivity contribution in [2.75, 3.05) is 0 Å². The Kier molecular flexibility index (Phi) is 1.33. The zero-order valence-corrected chi connectivity index (χ0v) is 6.16. The van der Waals surface area contributed by atoms with Crippen LogP contribution in [0.15, 0.2) is 11.1 Å². The predicted octanol–water partition coefficient (Wildman–Crippen LogP) is -1.16. The van der Waals surface area contributed by atoms with Gasteiger partial charge < -0.3 is 9.47 Å². The number of hydrogen-bond acceptors (Lipinski definition) is 6. The number of carbonyl (C=O) groups excluding carboxylic acids is 4. The first-order valence-corrected chi connectivity index (χ1v) is 3.34. The summed E-state index contributed by atoms with van der Waals surface area (Å²) in [6.07, 6.45) is -0.338. The van der Waals surface area contributed by atoms with Gasteiger partial charge in [0.15, 0.2) is 5.57 Å². The molecule has 0 aliphatic carbocycles. The minimum absolute atomic E-state index is 0.203. The van der Waals surface area contributed by atoms with E-state index >= 15 is 0 Å².